The van der Waals surface area contributed by atoms with Gasteiger partial charge in [0.05, 0.1) is 0 Å². The quantitative estimate of drug-likeness (QED) is 0.499. The van der Waals surface area contributed by atoms with Gasteiger partial charge in [0, 0.05) is 15.9 Å². The third-order valence-electron chi connectivity index (χ3n) is 2.74. The van der Waals surface area contributed by atoms with E-state index < -0.39 is 12.0 Å². The first-order valence-corrected chi connectivity index (χ1v) is 5.87. The average molecular weight is 268 g/mol. The molecule has 1 aromatic rings. The molecule has 0 spiro atoms. The van der Waals surface area contributed by atoms with E-state index in [4.69, 9.17) is 22.2 Å². The molecule has 0 aliphatic carbocycles. The minimum atomic E-state index is -1.12. The van der Waals surface area contributed by atoms with Gasteiger partial charge in [-0.3, -0.25) is 4.79 Å². The van der Waals surface area contributed by atoms with Gasteiger partial charge in [0.2, 0.25) is 0 Å². The summed E-state index contributed by atoms with van der Waals surface area (Å²) < 4.78 is 0. The van der Waals surface area contributed by atoms with Crippen LogP contribution in [0, 0.1) is 5.92 Å². The summed E-state index contributed by atoms with van der Waals surface area (Å²) in [6.07, 6.45) is 0. The molecule has 96 valence electrons. The van der Waals surface area contributed by atoms with Crippen LogP contribution in [0.15, 0.2) is 29.4 Å². The third-order valence-corrected chi connectivity index (χ3v) is 2.99. The minimum absolute atomic E-state index is 0.0257. The van der Waals surface area contributed by atoms with E-state index in [1.54, 1.807) is 24.3 Å². The Morgan fingerprint density at radius 1 is 1.39 bits per heavy atom. The Morgan fingerprint density at radius 3 is 2.33 bits per heavy atom. The fourth-order valence-electron chi connectivity index (χ4n) is 1.95. The van der Waals surface area contributed by atoms with Crippen molar-refractivity contribution in [2.75, 3.05) is 0 Å². The van der Waals surface area contributed by atoms with Gasteiger partial charge in [-0.1, -0.05) is 42.7 Å². The van der Waals surface area contributed by atoms with Gasteiger partial charge < -0.3 is 5.11 Å². The summed E-state index contributed by atoms with van der Waals surface area (Å²) in [5.74, 6) is -1.48. The normalized spacial score (nSPS) is 13.8. The van der Waals surface area contributed by atoms with Crippen molar-refractivity contribution >= 4 is 17.6 Å². The molecule has 0 aliphatic heterocycles. The Morgan fingerprint density at radius 2 is 1.94 bits per heavy atom. The molecule has 0 radical (unpaired) electrons. The molecule has 18 heavy (non-hydrogen) atoms. The van der Waals surface area contributed by atoms with Gasteiger partial charge in [0.25, 0.3) is 0 Å². The second kappa shape index (κ2) is 6.28. The molecule has 0 aliphatic rings. The van der Waals surface area contributed by atoms with Crippen molar-refractivity contribution in [3.63, 3.8) is 0 Å². The lowest BCUT2D eigenvalue weighted by Gasteiger charge is -2.24. The van der Waals surface area contributed by atoms with Gasteiger partial charge in [-0.05, 0) is 29.1 Å². The van der Waals surface area contributed by atoms with E-state index in [1.165, 1.54) is 0 Å². The summed E-state index contributed by atoms with van der Waals surface area (Å²) in [5.41, 5.74) is 9.28. The number of carboxylic acids is 1. The SMILES string of the molecule is CC(C)[C@H](c1ccc(Cl)cc1)[C@@H](N=[N+]=[N-])C(=O)O. The summed E-state index contributed by atoms with van der Waals surface area (Å²) in [7, 11) is 0. The lowest BCUT2D eigenvalue weighted by Crippen LogP contribution is -2.29. The number of hydrogen-bond donors (Lipinski definition) is 1. The molecule has 0 saturated carbocycles. The van der Waals surface area contributed by atoms with Gasteiger partial charge in [0.1, 0.15) is 6.04 Å². The predicted molar refractivity (Wildman–Crippen MR) is 69.6 cm³/mol. The standard InChI is InChI=1S/C12H14ClN3O2/c1-7(2)10(11(12(17)18)15-16-14)8-3-5-9(13)6-4-8/h3-7,10-11H,1-2H3,(H,17,18)/t10-,11-/m1/s1. The lowest BCUT2D eigenvalue weighted by atomic mass is 9.83. The number of halogens is 1. The van der Waals surface area contributed by atoms with Crippen LogP contribution >= 0.6 is 11.6 Å². The summed E-state index contributed by atoms with van der Waals surface area (Å²) in [5, 5.41) is 13.1. The fourth-order valence-corrected chi connectivity index (χ4v) is 2.07. The number of azide groups is 1. The molecule has 0 heterocycles. The van der Waals surface area contributed by atoms with Crippen molar-refractivity contribution in [1.82, 2.24) is 0 Å². The van der Waals surface area contributed by atoms with Crippen LogP contribution in [0.2, 0.25) is 5.02 Å². The maximum atomic E-state index is 11.2. The number of aliphatic carboxylic acids is 1. The van der Waals surface area contributed by atoms with Gasteiger partial charge in [-0.2, -0.15) is 0 Å². The first-order chi connectivity index (χ1) is 8.47. The summed E-state index contributed by atoms with van der Waals surface area (Å²) >= 11 is 5.80. The third kappa shape index (κ3) is 3.39. The average Bonchev–Trinajstić information content (AvgIpc) is 2.30. The largest absolute Gasteiger partial charge is 0.481 e. The van der Waals surface area contributed by atoms with Crippen LogP contribution in [0.5, 0.6) is 0 Å². The number of rotatable bonds is 5. The highest BCUT2D eigenvalue weighted by molar-refractivity contribution is 6.30. The Hall–Kier alpha value is -1.71. The zero-order valence-electron chi connectivity index (χ0n) is 10.1. The highest BCUT2D eigenvalue weighted by atomic mass is 35.5. The zero-order chi connectivity index (χ0) is 13.7. The van der Waals surface area contributed by atoms with Crippen LogP contribution in [0.4, 0.5) is 0 Å². The molecule has 1 aromatic carbocycles. The Labute approximate surface area is 110 Å². The molecular formula is C12H14ClN3O2. The second-order valence-electron chi connectivity index (χ2n) is 4.31. The monoisotopic (exact) mass is 267 g/mol. The minimum Gasteiger partial charge on any atom is -0.481 e. The second-order valence-corrected chi connectivity index (χ2v) is 4.75. The Balaban J connectivity index is 3.19. The van der Waals surface area contributed by atoms with E-state index >= 15 is 0 Å². The first-order valence-electron chi connectivity index (χ1n) is 5.49. The highest BCUT2D eigenvalue weighted by Gasteiger charge is 2.30. The van der Waals surface area contributed by atoms with Crippen molar-refractivity contribution in [3.8, 4) is 0 Å². The molecule has 0 amide bonds. The van der Waals surface area contributed by atoms with E-state index in [9.17, 15) is 4.79 Å². The van der Waals surface area contributed by atoms with Gasteiger partial charge in [-0.15, -0.1) is 0 Å². The molecule has 5 nitrogen and oxygen atoms in total. The molecule has 2 atom stereocenters. The molecule has 1 rings (SSSR count). The predicted octanol–water partition coefficient (Wildman–Crippen LogP) is 3.84. The van der Waals surface area contributed by atoms with Crippen molar-refractivity contribution in [1.29, 1.82) is 0 Å². The molecule has 0 bridgehead atoms. The molecule has 0 aromatic heterocycles. The molecule has 0 unspecified atom stereocenters. The van der Waals surface area contributed by atoms with Crippen LogP contribution in [0.1, 0.15) is 25.3 Å². The van der Waals surface area contributed by atoms with Crippen molar-refractivity contribution < 1.29 is 9.90 Å². The van der Waals surface area contributed by atoms with Crippen molar-refractivity contribution in [2.45, 2.75) is 25.8 Å². The maximum absolute atomic E-state index is 11.2. The first kappa shape index (κ1) is 14.4. The van der Waals surface area contributed by atoms with Crippen LogP contribution < -0.4 is 0 Å². The van der Waals surface area contributed by atoms with Gasteiger partial charge >= 0.3 is 5.97 Å². The smallest absolute Gasteiger partial charge is 0.313 e. The number of hydrogen-bond acceptors (Lipinski definition) is 2. The lowest BCUT2D eigenvalue weighted by molar-refractivity contribution is -0.139. The summed E-state index contributed by atoms with van der Waals surface area (Å²) in [4.78, 5) is 13.8. The maximum Gasteiger partial charge on any atom is 0.313 e. The molecule has 1 N–H and O–H groups in total. The van der Waals surface area contributed by atoms with Crippen molar-refractivity contribution in [2.24, 2.45) is 11.0 Å². The van der Waals surface area contributed by atoms with Crippen LogP contribution in [0.3, 0.4) is 0 Å². The summed E-state index contributed by atoms with van der Waals surface area (Å²) in [6, 6.07) is 5.80. The number of carboxylic acid groups (broad SMARTS) is 1. The number of benzene rings is 1. The molecular weight excluding hydrogens is 254 g/mol. The zero-order valence-corrected chi connectivity index (χ0v) is 10.9. The van der Waals surface area contributed by atoms with E-state index in [-0.39, 0.29) is 11.8 Å². The molecule has 0 saturated heterocycles. The Kier molecular flexibility index (Phi) is 5.01. The van der Waals surface area contributed by atoms with Gasteiger partial charge in [-0.25, -0.2) is 0 Å². The van der Waals surface area contributed by atoms with Crippen LogP contribution in [-0.2, 0) is 4.79 Å². The van der Waals surface area contributed by atoms with E-state index in [1.807, 2.05) is 13.8 Å². The number of nitrogens with zero attached hydrogens (tertiary/aromatic N) is 3. The van der Waals surface area contributed by atoms with Crippen molar-refractivity contribution in [3.05, 3.63) is 45.3 Å². The van der Waals surface area contributed by atoms with E-state index in [0.29, 0.717) is 5.02 Å². The molecule has 0 fully saturated rings. The molecule has 6 heteroatoms. The highest BCUT2D eigenvalue weighted by Crippen LogP contribution is 2.31. The van der Waals surface area contributed by atoms with Crippen LogP contribution in [0.25, 0.3) is 10.4 Å². The topological polar surface area (TPSA) is 86.1 Å². The Bertz CT molecular complexity index is 465. The van der Waals surface area contributed by atoms with E-state index in [2.05, 4.69) is 10.0 Å². The van der Waals surface area contributed by atoms with Gasteiger partial charge in [0.15, 0.2) is 0 Å². The summed E-state index contributed by atoms with van der Waals surface area (Å²) in [6.45, 7) is 3.78. The van der Waals surface area contributed by atoms with E-state index in [0.717, 1.165) is 5.56 Å². The number of carbonyl (C=O) groups is 1. The fraction of sp³-hybridized carbons (Fsp3) is 0.417. The van der Waals surface area contributed by atoms with Crippen LogP contribution in [-0.4, -0.2) is 17.1 Å².